The van der Waals surface area contributed by atoms with E-state index in [9.17, 15) is 0 Å². The van der Waals surface area contributed by atoms with Gasteiger partial charge in [0, 0.05) is 13.1 Å². The van der Waals surface area contributed by atoms with Gasteiger partial charge in [-0.05, 0) is 18.5 Å². The van der Waals surface area contributed by atoms with E-state index in [1.54, 1.807) is 0 Å². The van der Waals surface area contributed by atoms with Crippen LogP contribution in [0.5, 0.6) is 0 Å². The van der Waals surface area contributed by atoms with E-state index in [0.717, 1.165) is 0 Å². The highest BCUT2D eigenvalue weighted by molar-refractivity contribution is 6.28. The molecule has 0 saturated carbocycles. The Morgan fingerprint density at radius 2 is 2.26 bits per heavy atom. The summed E-state index contributed by atoms with van der Waals surface area (Å²) in [6.07, 6.45) is 3.24. The van der Waals surface area contributed by atoms with Crippen molar-refractivity contribution in [2.75, 3.05) is 18.0 Å². The topological polar surface area (TPSA) is 96.4 Å². The molecule has 0 aromatic carbocycles. The molecule has 2 aromatic rings. The minimum atomic E-state index is 0.0749. The summed E-state index contributed by atoms with van der Waals surface area (Å²) in [7, 11) is 0. The SMILES string of the molecule is CCN(CCC#N)c1nc(Cl)nc(-n2cncn2)n1. The second kappa shape index (κ2) is 6.06. The van der Waals surface area contributed by atoms with Crippen molar-refractivity contribution >= 4 is 17.5 Å². The number of aromatic nitrogens is 6. The maximum atomic E-state index is 8.64. The van der Waals surface area contributed by atoms with Crippen molar-refractivity contribution in [2.45, 2.75) is 13.3 Å². The van der Waals surface area contributed by atoms with Gasteiger partial charge in [0.25, 0.3) is 5.95 Å². The summed E-state index contributed by atoms with van der Waals surface area (Å²) in [6, 6.07) is 2.09. The van der Waals surface area contributed by atoms with Gasteiger partial charge in [0.05, 0.1) is 12.5 Å². The zero-order valence-electron chi connectivity index (χ0n) is 10.2. The Hall–Kier alpha value is -2.27. The van der Waals surface area contributed by atoms with Gasteiger partial charge in [-0.25, -0.2) is 4.98 Å². The Labute approximate surface area is 114 Å². The molecule has 0 bridgehead atoms. The van der Waals surface area contributed by atoms with Gasteiger partial charge in [0.2, 0.25) is 11.2 Å². The molecule has 0 fully saturated rings. The molecule has 9 heteroatoms. The third kappa shape index (κ3) is 3.14. The van der Waals surface area contributed by atoms with Crippen molar-refractivity contribution in [1.29, 1.82) is 5.26 Å². The number of hydrogen-bond donors (Lipinski definition) is 0. The first kappa shape index (κ1) is 13.2. The van der Waals surface area contributed by atoms with E-state index in [1.807, 2.05) is 11.8 Å². The molecule has 2 heterocycles. The second-order valence-corrected chi connectivity index (χ2v) is 3.87. The summed E-state index contributed by atoms with van der Waals surface area (Å²) in [5.74, 6) is 0.714. The van der Waals surface area contributed by atoms with Crippen LogP contribution in [0.25, 0.3) is 5.95 Å². The third-order valence-corrected chi connectivity index (χ3v) is 2.54. The van der Waals surface area contributed by atoms with E-state index in [-0.39, 0.29) is 5.28 Å². The quantitative estimate of drug-likeness (QED) is 0.799. The molecule has 0 aliphatic rings. The maximum absolute atomic E-state index is 8.64. The number of nitriles is 1. The van der Waals surface area contributed by atoms with Gasteiger partial charge in [-0.1, -0.05) is 0 Å². The van der Waals surface area contributed by atoms with Crippen LogP contribution >= 0.6 is 11.6 Å². The van der Waals surface area contributed by atoms with Gasteiger partial charge < -0.3 is 4.90 Å². The largest absolute Gasteiger partial charge is 0.340 e. The lowest BCUT2D eigenvalue weighted by Gasteiger charge is -2.19. The van der Waals surface area contributed by atoms with Crippen LogP contribution in [0.2, 0.25) is 5.28 Å². The summed E-state index contributed by atoms with van der Waals surface area (Å²) in [4.78, 5) is 18.0. The fourth-order valence-electron chi connectivity index (χ4n) is 1.47. The van der Waals surface area contributed by atoms with Crippen LogP contribution in [-0.4, -0.2) is 42.8 Å². The summed E-state index contributed by atoms with van der Waals surface area (Å²) >= 11 is 5.89. The first-order chi connectivity index (χ1) is 9.24. The monoisotopic (exact) mass is 278 g/mol. The number of rotatable bonds is 5. The van der Waals surface area contributed by atoms with E-state index in [0.29, 0.717) is 31.4 Å². The molecule has 0 aliphatic carbocycles. The third-order valence-electron chi connectivity index (χ3n) is 2.37. The summed E-state index contributed by atoms with van der Waals surface area (Å²) in [5.41, 5.74) is 0. The Bertz CT molecular complexity index is 576. The number of halogens is 1. The second-order valence-electron chi connectivity index (χ2n) is 3.53. The summed E-state index contributed by atoms with van der Waals surface area (Å²) < 4.78 is 1.40. The first-order valence-electron chi connectivity index (χ1n) is 5.63. The fraction of sp³-hybridized carbons (Fsp3) is 0.400. The van der Waals surface area contributed by atoms with E-state index < -0.39 is 0 Å². The molecule has 8 nitrogen and oxygen atoms in total. The highest BCUT2D eigenvalue weighted by Crippen LogP contribution is 2.13. The van der Waals surface area contributed by atoms with Gasteiger partial charge in [0.1, 0.15) is 12.7 Å². The zero-order chi connectivity index (χ0) is 13.7. The van der Waals surface area contributed by atoms with Gasteiger partial charge >= 0.3 is 0 Å². The molecule has 2 rings (SSSR count). The Kier molecular flexibility index (Phi) is 4.20. The minimum Gasteiger partial charge on any atom is -0.340 e. The zero-order valence-corrected chi connectivity index (χ0v) is 11.0. The van der Waals surface area contributed by atoms with Crippen LogP contribution < -0.4 is 4.90 Å². The average Bonchev–Trinajstić information content (AvgIpc) is 2.93. The Morgan fingerprint density at radius 1 is 1.42 bits per heavy atom. The molecule has 19 heavy (non-hydrogen) atoms. The molecular formula is C10H11ClN8. The standard InChI is InChI=1S/C10H11ClN8/c1-2-18(5-3-4-12)9-15-8(11)16-10(17-9)19-7-13-6-14-19/h6-7H,2-3,5H2,1H3. The predicted octanol–water partition coefficient (Wildman–Crippen LogP) is 0.846. The molecule has 0 saturated heterocycles. The molecule has 0 radical (unpaired) electrons. The van der Waals surface area contributed by atoms with Gasteiger partial charge in [-0.2, -0.15) is 30.0 Å². The molecule has 0 N–H and O–H groups in total. The Balaban J connectivity index is 2.33. The predicted molar refractivity (Wildman–Crippen MR) is 67.9 cm³/mol. The van der Waals surface area contributed by atoms with Crippen molar-refractivity contribution in [1.82, 2.24) is 29.7 Å². The fourth-order valence-corrected chi connectivity index (χ4v) is 1.62. The van der Waals surface area contributed by atoms with Crippen LogP contribution in [0.3, 0.4) is 0 Å². The van der Waals surface area contributed by atoms with Crippen molar-refractivity contribution in [3.8, 4) is 12.0 Å². The molecule has 0 aliphatic heterocycles. The minimum absolute atomic E-state index is 0.0749. The van der Waals surface area contributed by atoms with Crippen molar-refractivity contribution in [2.24, 2.45) is 0 Å². The van der Waals surface area contributed by atoms with E-state index in [4.69, 9.17) is 16.9 Å². The van der Waals surface area contributed by atoms with Crippen LogP contribution in [-0.2, 0) is 0 Å². The van der Waals surface area contributed by atoms with Crippen LogP contribution in [0.1, 0.15) is 13.3 Å². The Morgan fingerprint density at radius 3 is 2.89 bits per heavy atom. The van der Waals surface area contributed by atoms with Crippen LogP contribution in [0.4, 0.5) is 5.95 Å². The van der Waals surface area contributed by atoms with Crippen LogP contribution in [0.15, 0.2) is 12.7 Å². The normalized spacial score (nSPS) is 10.2. The molecule has 2 aromatic heterocycles. The van der Waals surface area contributed by atoms with Gasteiger partial charge in [-0.15, -0.1) is 0 Å². The lowest BCUT2D eigenvalue weighted by Crippen LogP contribution is -2.26. The molecular weight excluding hydrogens is 268 g/mol. The highest BCUT2D eigenvalue weighted by atomic mass is 35.5. The summed E-state index contributed by atoms with van der Waals surface area (Å²) in [6.45, 7) is 3.15. The first-order valence-corrected chi connectivity index (χ1v) is 6.01. The molecule has 0 amide bonds. The average molecular weight is 279 g/mol. The van der Waals surface area contributed by atoms with Gasteiger partial charge in [0.15, 0.2) is 0 Å². The molecule has 0 unspecified atom stereocenters. The molecule has 98 valence electrons. The maximum Gasteiger partial charge on any atom is 0.258 e. The molecule has 0 atom stereocenters. The van der Waals surface area contributed by atoms with E-state index in [2.05, 4.69) is 31.1 Å². The lowest BCUT2D eigenvalue weighted by atomic mass is 10.4. The smallest absolute Gasteiger partial charge is 0.258 e. The molecule has 0 spiro atoms. The van der Waals surface area contributed by atoms with Gasteiger partial charge in [-0.3, -0.25) is 0 Å². The van der Waals surface area contributed by atoms with Crippen molar-refractivity contribution in [3.05, 3.63) is 17.9 Å². The highest BCUT2D eigenvalue weighted by Gasteiger charge is 2.12. The summed E-state index contributed by atoms with van der Waals surface area (Å²) in [5, 5.41) is 12.7. The van der Waals surface area contributed by atoms with E-state index >= 15 is 0 Å². The van der Waals surface area contributed by atoms with Crippen molar-refractivity contribution < 1.29 is 0 Å². The van der Waals surface area contributed by atoms with Crippen LogP contribution in [0, 0.1) is 11.3 Å². The van der Waals surface area contributed by atoms with E-state index in [1.165, 1.54) is 17.3 Å². The number of nitrogens with zero attached hydrogens (tertiary/aromatic N) is 8. The number of hydrogen-bond acceptors (Lipinski definition) is 7. The number of anilines is 1. The van der Waals surface area contributed by atoms with Crippen molar-refractivity contribution in [3.63, 3.8) is 0 Å². The lowest BCUT2D eigenvalue weighted by molar-refractivity contribution is 0.748.